The van der Waals surface area contributed by atoms with Gasteiger partial charge in [0.25, 0.3) is 5.69 Å². The number of anilines is 1. The highest BCUT2D eigenvalue weighted by Gasteiger charge is 2.34. The number of aromatic nitrogens is 1. The minimum absolute atomic E-state index is 0.131. The first-order chi connectivity index (χ1) is 8.56. The van der Waals surface area contributed by atoms with Gasteiger partial charge in [0, 0.05) is 18.3 Å². The molecular weight excluding hydrogens is 230 g/mol. The van der Waals surface area contributed by atoms with Crippen molar-refractivity contribution in [2.45, 2.75) is 39.5 Å². The maximum absolute atomic E-state index is 10.8. The molecule has 1 aromatic rings. The van der Waals surface area contributed by atoms with Crippen LogP contribution < -0.4 is 5.32 Å². The molecule has 0 saturated heterocycles. The maximum atomic E-state index is 10.8. The lowest BCUT2D eigenvalue weighted by molar-refractivity contribution is -0.385. The molecule has 0 aromatic carbocycles. The van der Waals surface area contributed by atoms with Gasteiger partial charge in [-0.15, -0.1) is 0 Å². The van der Waals surface area contributed by atoms with E-state index >= 15 is 0 Å². The molecule has 5 heteroatoms. The number of nitro groups is 1. The number of nitrogens with zero attached hydrogens (tertiary/aromatic N) is 2. The Balaban J connectivity index is 2.06. The van der Waals surface area contributed by atoms with Crippen LogP contribution in [0.4, 0.5) is 11.5 Å². The number of pyridine rings is 1. The molecule has 0 bridgehead atoms. The maximum Gasteiger partial charge on any atom is 0.277 e. The zero-order valence-corrected chi connectivity index (χ0v) is 10.9. The second-order valence-electron chi connectivity index (χ2n) is 5.17. The number of aryl methyl sites for hydroxylation is 1. The molecule has 0 spiro atoms. The summed E-state index contributed by atoms with van der Waals surface area (Å²) in [6.45, 7) is 4.76. The van der Waals surface area contributed by atoms with E-state index < -0.39 is 0 Å². The zero-order chi connectivity index (χ0) is 13.2. The standard InChI is InChI=1S/C13H19N3O2/c1-3-13(5-4-6-13)9-15-12-7-11(16(17)18)10(2)8-14-12/h7-8H,3-6,9H2,1-2H3,(H,14,15). The molecule has 5 nitrogen and oxygen atoms in total. The topological polar surface area (TPSA) is 68.1 Å². The van der Waals surface area contributed by atoms with Crippen LogP contribution in [0.15, 0.2) is 12.3 Å². The molecule has 0 amide bonds. The molecule has 0 radical (unpaired) electrons. The molecule has 1 aromatic heterocycles. The van der Waals surface area contributed by atoms with Gasteiger partial charge < -0.3 is 5.32 Å². The Morgan fingerprint density at radius 2 is 2.28 bits per heavy atom. The van der Waals surface area contributed by atoms with Crippen molar-refractivity contribution in [1.82, 2.24) is 4.98 Å². The van der Waals surface area contributed by atoms with Crippen molar-refractivity contribution in [3.63, 3.8) is 0 Å². The Bertz CT molecular complexity index is 450. The number of hydrogen-bond acceptors (Lipinski definition) is 4. The Labute approximate surface area is 107 Å². The first-order valence-electron chi connectivity index (χ1n) is 6.41. The third-order valence-electron chi connectivity index (χ3n) is 4.08. The Morgan fingerprint density at radius 3 is 2.78 bits per heavy atom. The van der Waals surface area contributed by atoms with Gasteiger partial charge in [0.15, 0.2) is 0 Å². The first-order valence-corrected chi connectivity index (χ1v) is 6.41. The van der Waals surface area contributed by atoms with Crippen molar-refractivity contribution in [3.05, 3.63) is 27.9 Å². The lowest BCUT2D eigenvalue weighted by Gasteiger charge is -2.41. The van der Waals surface area contributed by atoms with Gasteiger partial charge in [-0.2, -0.15) is 0 Å². The minimum atomic E-state index is -0.360. The van der Waals surface area contributed by atoms with Crippen LogP contribution in [0.5, 0.6) is 0 Å². The van der Waals surface area contributed by atoms with Crippen LogP contribution in [-0.2, 0) is 0 Å². The molecule has 1 saturated carbocycles. The fraction of sp³-hybridized carbons (Fsp3) is 0.615. The van der Waals surface area contributed by atoms with Gasteiger partial charge >= 0.3 is 0 Å². The summed E-state index contributed by atoms with van der Waals surface area (Å²) in [5.74, 6) is 0.604. The Kier molecular flexibility index (Phi) is 3.50. The highest BCUT2D eigenvalue weighted by atomic mass is 16.6. The van der Waals surface area contributed by atoms with Gasteiger partial charge in [-0.05, 0) is 31.6 Å². The van der Waals surface area contributed by atoms with Gasteiger partial charge in [0.2, 0.25) is 0 Å². The summed E-state index contributed by atoms with van der Waals surface area (Å²) in [7, 11) is 0. The molecule has 1 N–H and O–H groups in total. The van der Waals surface area contributed by atoms with Crippen LogP contribution in [0.2, 0.25) is 0 Å². The van der Waals surface area contributed by atoms with Gasteiger partial charge in [-0.25, -0.2) is 4.98 Å². The Hall–Kier alpha value is -1.65. The molecule has 98 valence electrons. The fourth-order valence-corrected chi connectivity index (χ4v) is 2.42. The summed E-state index contributed by atoms with van der Waals surface area (Å²) >= 11 is 0. The fourth-order valence-electron chi connectivity index (χ4n) is 2.42. The van der Waals surface area contributed by atoms with E-state index in [2.05, 4.69) is 17.2 Å². The SMILES string of the molecule is CCC1(CNc2cc([N+](=O)[O-])c(C)cn2)CCC1. The van der Waals surface area contributed by atoms with Crippen molar-refractivity contribution in [3.8, 4) is 0 Å². The lowest BCUT2D eigenvalue weighted by atomic mass is 9.67. The molecule has 1 heterocycles. The molecule has 0 atom stereocenters. The molecule has 18 heavy (non-hydrogen) atoms. The van der Waals surface area contributed by atoms with E-state index in [9.17, 15) is 10.1 Å². The molecular formula is C13H19N3O2. The van der Waals surface area contributed by atoms with Gasteiger partial charge in [0.1, 0.15) is 5.82 Å². The third-order valence-corrected chi connectivity index (χ3v) is 4.08. The predicted octanol–water partition coefficient (Wildman–Crippen LogP) is 3.29. The molecule has 1 aliphatic rings. The highest BCUT2D eigenvalue weighted by molar-refractivity contribution is 5.49. The normalized spacial score (nSPS) is 17.0. The molecule has 2 rings (SSSR count). The predicted molar refractivity (Wildman–Crippen MR) is 70.7 cm³/mol. The molecule has 1 fully saturated rings. The smallest absolute Gasteiger partial charge is 0.277 e. The van der Waals surface area contributed by atoms with Crippen LogP contribution >= 0.6 is 0 Å². The van der Waals surface area contributed by atoms with E-state index in [0.29, 0.717) is 16.8 Å². The molecule has 1 aliphatic carbocycles. The van der Waals surface area contributed by atoms with Crippen LogP contribution in [0.3, 0.4) is 0 Å². The number of hydrogen-bond donors (Lipinski definition) is 1. The molecule has 0 aliphatic heterocycles. The van der Waals surface area contributed by atoms with E-state index in [4.69, 9.17) is 0 Å². The quantitative estimate of drug-likeness (QED) is 0.642. The van der Waals surface area contributed by atoms with Gasteiger partial charge in [-0.3, -0.25) is 10.1 Å². The monoisotopic (exact) mass is 249 g/mol. The average molecular weight is 249 g/mol. The Morgan fingerprint density at radius 1 is 1.56 bits per heavy atom. The van der Waals surface area contributed by atoms with Crippen molar-refractivity contribution in [2.24, 2.45) is 5.41 Å². The van der Waals surface area contributed by atoms with E-state index in [1.807, 2.05) is 0 Å². The van der Waals surface area contributed by atoms with Crippen molar-refractivity contribution >= 4 is 11.5 Å². The van der Waals surface area contributed by atoms with Crippen molar-refractivity contribution in [1.29, 1.82) is 0 Å². The summed E-state index contributed by atoms with van der Waals surface area (Å²) in [6.07, 6.45) is 6.47. The summed E-state index contributed by atoms with van der Waals surface area (Å²) in [5.41, 5.74) is 1.10. The summed E-state index contributed by atoms with van der Waals surface area (Å²) in [5, 5.41) is 14.1. The van der Waals surface area contributed by atoms with Gasteiger partial charge in [-0.1, -0.05) is 13.3 Å². The number of rotatable bonds is 5. The van der Waals surface area contributed by atoms with Crippen LogP contribution in [-0.4, -0.2) is 16.5 Å². The second-order valence-corrected chi connectivity index (χ2v) is 5.17. The second kappa shape index (κ2) is 4.92. The summed E-state index contributed by atoms with van der Waals surface area (Å²) < 4.78 is 0. The lowest BCUT2D eigenvalue weighted by Crippen LogP contribution is -2.36. The van der Waals surface area contributed by atoms with Crippen LogP contribution in [0.1, 0.15) is 38.2 Å². The largest absolute Gasteiger partial charge is 0.369 e. The van der Waals surface area contributed by atoms with Crippen molar-refractivity contribution < 1.29 is 4.92 Å². The molecule has 0 unspecified atom stereocenters. The zero-order valence-electron chi connectivity index (χ0n) is 10.9. The minimum Gasteiger partial charge on any atom is -0.369 e. The van der Waals surface area contributed by atoms with E-state index in [-0.39, 0.29) is 10.6 Å². The van der Waals surface area contributed by atoms with Crippen molar-refractivity contribution in [2.75, 3.05) is 11.9 Å². The van der Waals surface area contributed by atoms with Gasteiger partial charge in [0.05, 0.1) is 11.0 Å². The summed E-state index contributed by atoms with van der Waals surface area (Å²) in [6, 6.07) is 1.53. The average Bonchev–Trinajstić information content (AvgIpc) is 2.30. The first kappa shape index (κ1) is 12.8. The van der Waals surface area contributed by atoms with E-state index in [1.54, 1.807) is 13.1 Å². The highest BCUT2D eigenvalue weighted by Crippen LogP contribution is 2.43. The van der Waals surface area contributed by atoms with E-state index in [0.717, 1.165) is 13.0 Å². The number of nitrogens with one attached hydrogen (secondary N) is 1. The van der Waals surface area contributed by atoms with Crippen LogP contribution in [0.25, 0.3) is 0 Å². The van der Waals surface area contributed by atoms with E-state index in [1.165, 1.54) is 25.3 Å². The van der Waals surface area contributed by atoms with Crippen LogP contribution in [0, 0.1) is 22.5 Å². The third kappa shape index (κ3) is 2.44. The summed E-state index contributed by atoms with van der Waals surface area (Å²) in [4.78, 5) is 14.7.